The number of rotatable bonds is 1. The molecule has 3 heterocycles. The zero-order chi connectivity index (χ0) is 13.7. The first-order valence-corrected chi connectivity index (χ1v) is 5.85. The van der Waals surface area contributed by atoms with Crippen molar-refractivity contribution in [2.45, 2.75) is 0 Å². The Morgan fingerprint density at radius 1 is 1.20 bits per heavy atom. The lowest BCUT2D eigenvalue weighted by Gasteiger charge is -2.05. The van der Waals surface area contributed by atoms with E-state index < -0.39 is 11.2 Å². The minimum Gasteiger partial charge on any atom is -0.317 e. The number of nitrogens with zero attached hydrogens (tertiary/aromatic N) is 4. The Labute approximate surface area is 110 Å². The number of fused-ring (bicyclic) bond motifs is 3. The molecule has 4 rings (SSSR count). The second-order valence-corrected chi connectivity index (χ2v) is 4.31. The van der Waals surface area contributed by atoms with Crippen molar-refractivity contribution in [3.8, 4) is 5.69 Å². The second kappa shape index (κ2) is 3.67. The molecule has 0 aliphatic rings. The number of hydrogen-bond donors (Lipinski definition) is 2. The molecular weight excluding hydrogens is 260 g/mol. The van der Waals surface area contributed by atoms with Crippen LogP contribution in [0.4, 0.5) is 0 Å². The van der Waals surface area contributed by atoms with Gasteiger partial charge in [0.25, 0.3) is 5.56 Å². The predicted octanol–water partition coefficient (Wildman–Crippen LogP) is 0.0498. The Balaban J connectivity index is 2.19. The third kappa shape index (κ3) is 1.35. The highest BCUT2D eigenvalue weighted by atomic mass is 16.2. The summed E-state index contributed by atoms with van der Waals surface area (Å²) < 4.78 is 3.07. The zero-order valence-corrected chi connectivity index (χ0v) is 10.1. The van der Waals surface area contributed by atoms with Gasteiger partial charge in [-0.1, -0.05) is 0 Å². The van der Waals surface area contributed by atoms with E-state index in [-0.39, 0.29) is 5.65 Å². The summed E-state index contributed by atoms with van der Waals surface area (Å²) >= 11 is 0. The topological polar surface area (TPSA) is 101 Å². The molecule has 8 heteroatoms. The first-order chi connectivity index (χ1) is 9.74. The number of nitrogens with one attached hydrogen (secondary N) is 2. The molecule has 0 atom stereocenters. The third-order valence-corrected chi connectivity index (χ3v) is 3.15. The highest BCUT2D eigenvalue weighted by Crippen LogP contribution is 2.15. The maximum atomic E-state index is 11.8. The molecule has 0 saturated carbocycles. The quantitative estimate of drug-likeness (QED) is 0.509. The van der Waals surface area contributed by atoms with Gasteiger partial charge in [0.2, 0.25) is 5.65 Å². The van der Waals surface area contributed by atoms with Gasteiger partial charge in [-0.25, -0.2) is 19.3 Å². The Hall–Kier alpha value is -3.16. The van der Waals surface area contributed by atoms with Crippen LogP contribution >= 0.6 is 0 Å². The number of benzene rings is 1. The predicted molar refractivity (Wildman–Crippen MR) is 71.1 cm³/mol. The van der Waals surface area contributed by atoms with E-state index in [1.165, 1.54) is 4.40 Å². The van der Waals surface area contributed by atoms with E-state index in [1.807, 2.05) is 10.6 Å². The van der Waals surface area contributed by atoms with E-state index in [4.69, 9.17) is 0 Å². The molecule has 0 spiro atoms. The molecule has 3 aromatic heterocycles. The van der Waals surface area contributed by atoms with Crippen LogP contribution in [0.15, 0.2) is 46.5 Å². The Kier molecular flexibility index (Phi) is 1.97. The van der Waals surface area contributed by atoms with Crippen LogP contribution in [0.2, 0.25) is 0 Å². The van der Waals surface area contributed by atoms with Crippen molar-refractivity contribution in [3.63, 3.8) is 0 Å². The van der Waals surface area contributed by atoms with Crippen LogP contribution in [0.3, 0.4) is 0 Å². The van der Waals surface area contributed by atoms with E-state index in [0.29, 0.717) is 11.0 Å². The van der Waals surface area contributed by atoms with Crippen molar-refractivity contribution in [2.24, 2.45) is 0 Å². The Bertz CT molecular complexity index is 1040. The summed E-state index contributed by atoms with van der Waals surface area (Å²) in [6.45, 7) is 0. The molecule has 0 amide bonds. The third-order valence-electron chi connectivity index (χ3n) is 3.15. The molecule has 0 aliphatic heterocycles. The van der Waals surface area contributed by atoms with Crippen LogP contribution < -0.4 is 11.2 Å². The lowest BCUT2D eigenvalue weighted by Crippen LogP contribution is -2.17. The fourth-order valence-corrected chi connectivity index (χ4v) is 2.23. The van der Waals surface area contributed by atoms with Gasteiger partial charge in [-0.2, -0.15) is 0 Å². The minimum absolute atomic E-state index is 0.0466. The number of H-pyrrole nitrogens is 2. The normalized spacial score (nSPS) is 11.4. The van der Waals surface area contributed by atoms with Gasteiger partial charge in [-0.05, 0) is 18.2 Å². The van der Waals surface area contributed by atoms with E-state index in [2.05, 4.69) is 20.2 Å². The second-order valence-electron chi connectivity index (χ2n) is 4.31. The van der Waals surface area contributed by atoms with Gasteiger partial charge in [-0.15, -0.1) is 5.10 Å². The Morgan fingerprint density at radius 2 is 2.10 bits per heavy atom. The van der Waals surface area contributed by atoms with Crippen LogP contribution in [-0.2, 0) is 0 Å². The van der Waals surface area contributed by atoms with Crippen molar-refractivity contribution in [1.29, 1.82) is 0 Å². The number of aromatic nitrogens is 6. The fraction of sp³-hybridized carbons (Fsp3) is 0. The number of aromatic amines is 2. The Morgan fingerprint density at radius 3 is 2.90 bits per heavy atom. The lowest BCUT2D eigenvalue weighted by molar-refractivity contribution is 1.03. The van der Waals surface area contributed by atoms with Crippen molar-refractivity contribution >= 4 is 16.7 Å². The number of imidazole rings is 1. The standard InChI is InChI=1S/C12H8N6O2/c19-11-10-15-16-12(20)18(10)9-5-7(1-2-8(9)14-11)17-4-3-13-6-17/h1-6H,(H,14,19)(H,16,20). The first kappa shape index (κ1) is 10.7. The highest BCUT2D eigenvalue weighted by molar-refractivity contribution is 5.79. The van der Waals surface area contributed by atoms with Gasteiger partial charge in [0, 0.05) is 18.1 Å². The zero-order valence-electron chi connectivity index (χ0n) is 10.1. The van der Waals surface area contributed by atoms with Crippen LogP contribution in [0, 0.1) is 0 Å². The smallest absolute Gasteiger partial charge is 0.317 e. The van der Waals surface area contributed by atoms with E-state index in [9.17, 15) is 9.59 Å². The summed E-state index contributed by atoms with van der Waals surface area (Å²) in [5, 5.41) is 6.00. The van der Waals surface area contributed by atoms with Crippen molar-refractivity contribution < 1.29 is 0 Å². The van der Waals surface area contributed by atoms with Crippen LogP contribution in [-0.4, -0.2) is 29.1 Å². The lowest BCUT2D eigenvalue weighted by atomic mass is 10.2. The summed E-state index contributed by atoms with van der Waals surface area (Å²) in [6, 6.07) is 5.36. The number of hydrogen-bond acceptors (Lipinski definition) is 4. The average Bonchev–Trinajstić information content (AvgIpc) is 3.09. The van der Waals surface area contributed by atoms with E-state index in [1.54, 1.807) is 30.9 Å². The molecule has 0 radical (unpaired) electrons. The molecule has 2 N–H and O–H groups in total. The summed E-state index contributed by atoms with van der Waals surface area (Å²) in [5.74, 6) is 0. The maximum absolute atomic E-state index is 11.8. The van der Waals surface area contributed by atoms with Crippen LogP contribution in [0.25, 0.3) is 22.4 Å². The van der Waals surface area contributed by atoms with E-state index in [0.717, 1.165) is 5.69 Å². The summed E-state index contributed by atoms with van der Waals surface area (Å²) in [6.07, 6.45) is 5.11. The monoisotopic (exact) mass is 268 g/mol. The van der Waals surface area contributed by atoms with Gasteiger partial charge in [0.05, 0.1) is 17.4 Å². The van der Waals surface area contributed by atoms with Gasteiger partial charge in [0.15, 0.2) is 0 Å². The van der Waals surface area contributed by atoms with Gasteiger partial charge >= 0.3 is 5.69 Å². The molecule has 0 saturated heterocycles. The van der Waals surface area contributed by atoms with Gasteiger partial charge < -0.3 is 9.55 Å². The fourth-order valence-electron chi connectivity index (χ4n) is 2.23. The van der Waals surface area contributed by atoms with Crippen LogP contribution in [0.5, 0.6) is 0 Å². The molecule has 0 unspecified atom stereocenters. The minimum atomic E-state index is -0.445. The highest BCUT2D eigenvalue weighted by Gasteiger charge is 2.10. The summed E-state index contributed by atoms with van der Waals surface area (Å²) in [5.41, 5.74) is 1.16. The first-order valence-electron chi connectivity index (χ1n) is 5.85. The molecular formula is C12H8N6O2. The van der Waals surface area contributed by atoms with Crippen molar-refractivity contribution in [3.05, 3.63) is 57.8 Å². The SMILES string of the molecule is O=c1[nH]c2ccc(-n3ccnc3)cc2n2c(=O)[nH]nc12. The molecule has 4 aromatic rings. The largest absolute Gasteiger partial charge is 0.348 e. The molecule has 0 aliphatic carbocycles. The summed E-state index contributed by atoms with van der Waals surface area (Å²) in [4.78, 5) is 30.3. The average molecular weight is 268 g/mol. The van der Waals surface area contributed by atoms with Crippen LogP contribution in [0.1, 0.15) is 0 Å². The van der Waals surface area contributed by atoms with E-state index >= 15 is 0 Å². The molecule has 8 nitrogen and oxygen atoms in total. The summed E-state index contributed by atoms with van der Waals surface area (Å²) in [7, 11) is 0. The molecule has 0 fully saturated rings. The molecule has 98 valence electrons. The molecule has 1 aromatic carbocycles. The van der Waals surface area contributed by atoms with Gasteiger partial charge in [-0.3, -0.25) is 4.79 Å². The molecule has 0 bridgehead atoms. The maximum Gasteiger partial charge on any atom is 0.348 e. The molecule has 20 heavy (non-hydrogen) atoms. The van der Waals surface area contributed by atoms with Crippen molar-refractivity contribution in [1.82, 2.24) is 29.1 Å². The van der Waals surface area contributed by atoms with Crippen molar-refractivity contribution in [2.75, 3.05) is 0 Å². The van der Waals surface area contributed by atoms with Gasteiger partial charge in [0.1, 0.15) is 0 Å².